The number of rotatable bonds is 10. The van der Waals surface area contributed by atoms with Gasteiger partial charge in [-0.2, -0.15) is 0 Å². The third-order valence-electron chi connectivity index (χ3n) is 4.13. The summed E-state index contributed by atoms with van der Waals surface area (Å²) in [5, 5.41) is 6.29. The third kappa shape index (κ3) is 7.29. The molecule has 1 aromatic carbocycles. The van der Waals surface area contributed by atoms with E-state index in [1.807, 2.05) is 24.3 Å². The Labute approximate surface area is 144 Å². The van der Waals surface area contributed by atoms with Crippen LogP contribution in [-0.4, -0.2) is 70.4 Å². The van der Waals surface area contributed by atoms with Crippen molar-refractivity contribution >= 4 is 5.91 Å². The van der Waals surface area contributed by atoms with Crippen LogP contribution in [0.3, 0.4) is 0 Å². The molecule has 0 atom stereocenters. The van der Waals surface area contributed by atoms with Crippen LogP contribution in [0.2, 0.25) is 0 Å². The van der Waals surface area contributed by atoms with Gasteiger partial charge in [-0.15, -0.1) is 0 Å². The third-order valence-corrected chi connectivity index (χ3v) is 4.13. The molecular weight excluding hydrogens is 306 g/mol. The largest absolute Gasteiger partial charge is 0.497 e. The van der Waals surface area contributed by atoms with E-state index in [0.717, 1.165) is 58.1 Å². The van der Waals surface area contributed by atoms with Gasteiger partial charge in [-0.3, -0.25) is 9.69 Å². The molecule has 2 N–H and O–H groups in total. The highest BCUT2D eigenvalue weighted by atomic mass is 16.5. The monoisotopic (exact) mass is 335 g/mol. The van der Waals surface area contributed by atoms with Gasteiger partial charge in [0.2, 0.25) is 5.91 Å². The summed E-state index contributed by atoms with van der Waals surface area (Å²) in [5.41, 5.74) is 1.19. The maximum atomic E-state index is 11.8. The zero-order valence-corrected chi connectivity index (χ0v) is 14.6. The Balaban J connectivity index is 1.47. The van der Waals surface area contributed by atoms with Crippen molar-refractivity contribution in [3.8, 4) is 5.75 Å². The lowest BCUT2D eigenvalue weighted by Gasteiger charge is -2.26. The first kappa shape index (κ1) is 18.7. The van der Waals surface area contributed by atoms with E-state index >= 15 is 0 Å². The molecule has 0 radical (unpaired) electrons. The van der Waals surface area contributed by atoms with E-state index < -0.39 is 0 Å². The second-order valence-electron chi connectivity index (χ2n) is 5.90. The quantitative estimate of drug-likeness (QED) is 0.615. The summed E-state index contributed by atoms with van der Waals surface area (Å²) in [6.45, 7) is 6.99. The van der Waals surface area contributed by atoms with Gasteiger partial charge in [0.05, 0.1) is 20.3 Å². The van der Waals surface area contributed by atoms with Crippen LogP contribution in [0, 0.1) is 0 Å². The first-order chi connectivity index (χ1) is 11.8. The first-order valence-electron chi connectivity index (χ1n) is 8.68. The predicted molar refractivity (Wildman–Crippen MR) is 94.5 cm³/mol. The second-order valence-corrected chi connectivity index (χ2v) is 5.90. The SMILES string of the molecule is COc1ccc(CCNC(=O)CCNCCN2CCOCC2)cc1. The Hall–Kier alpha value is -1.63. The molecule has 6 nitrogen and oxygen atoms in total. The minimum atomic E-state index is 0.0994. The minimum Gasteiger partial charge on any atom is -0.497 e. The number of methoxy groups -OCH3 is 1. The van der Waals surface area contributed by atoms with Crippen molar-refractivity contribution in [2.24, 2.45) is 0 Å². The first-order valence-corrected chi connectivity index (χ1v) is 8.68. The minimum absolute atomic E-state index is 0.0994. The van der Waals surface area contributed by atoms with E-state index in [4.69, 9.17) is 9.47 Å². The fourth-order valence-corrected chi connectivity index (χ4v) is 2.62. The number of hydrogen-bond acceptors (Lipinski definition) is 5. The Bertz CT molecular complexity index is 473. The zero-order chi connectivity index (χ0) is 17.0. The highest BCUT2D eigenvalue weighted by Gasteiger charge is 2.09. The maximum absolute atomic E-state index is 11.8. The number of hydrogen-bond donors (Lipinski definition) is 2. The van der Waals surface area contributed by atoms with Crippen molar-refractivity contribution in [1.29, 1.82) is 0 Å². The van der Waals surface area contributed by atoms with Gasteiger partial charge in [0.1, 0.15) is 5.75 Å². The van der Waals surface area contributed by atoms with Crippen molar-refractivity contribution in [1.82, 2.24) is 15.5 Å². The lowest BCUT2D eigenvalue weighted by atomic mass is 10.1. The van der Waals surface area contributed by atoms with Crippen molar-refractivity contribution in [3.63, 3.8) is 0 Å². The summed E-state index contributed by atoms with van der Waals surface area (Å²) in [7, 11) is 1.66. The average Bonchev–Trinajstić information content (AvgIpc) is 2.63. The summed E-state index contributed by atoms with van der Waals surface area (Å²) < 4.78 is 10.4. The van der Waals surface area contributed by atoms with Gasteiger partial charge in [0, 0.05) is 45.7 Å². The molecule has 1 fully saturated rings. The van der Waals surface area contributed by atoms with E-state index in [9.17, 15) is 4.79 Å². The van der Waals surface area contributed by atoms with Crippen molar-refractivity contribution in [3.05, 3.63) is 29.8 Å². The van der Waals surface area contributed by atoms with Gasteiger partial charge in [-0.25, -0.2) is 0 Å². The lowest BCUT2D eigenvalue weighted by Crippen LogP contribution is -2.40. The average molecular weight is 335 g/mol. The molecule has 0 aliphatic carbocycles. The van der Waals surface area contributed by atoms with E-state index in [-0.39, 0.29) is 5.91 Å². The summed E-state index contributed by atoms with van der Waals surface area (Å²) in [6.07, 6.45) is 1.35. The Kier molecular flexibility index (Phi) is 8.59. The number of benzene rings is 1. The number of ether oxygens (including phenoxy) is 2. The standard InChI is InChI=1S/C18H29N3O3/c1-23-17-4-2-16(3-5-17)6-9-20-18(22)7-8-19-10-11-21-12-14-24-15-13-21/h2-5,19H,6-15H2,1H3,(H,20,22). The molecule has 0 spiro atoms. The maximum Gasteiger partial charge on any atom is 0.221 e. The molecule has 1 amide bonds. The Morgan fingerprint density at radius 3 is 2.62 bits per heavy atom. The fraction of sp³-hybridized carbons (Fsp3) is 0.611. The molecule has 1 aromatic rings. The molecule has 1 heterocycles. The molecule has 1 saturated heterocycles. The molecule has 2 rings (SSSR count). The highest BCUT2D eigenvalue weighted by Crippen LogP contribution is 2.11. The van der Waals surface area contributed by atoms with E-state index in [1.165, 1.54) is 5.56 Å². The summed E-state index contributed by atoms with van der Waals surface area (Å²) in [6, 6.07) is 7.93. The van der Waals surface area contributed by atoms with Crippen molar-refractivity contribution in [2.75, 3.05) is 59.6 Å². The van der Waals surface area contributed by atoms with Gasteiger partial charge < -0.3 is 20.1 Å². The molecule has 0 saturated carbocycles. The molecule has 6 heteroatoms. The van der Waals surface area contributed by atoms with E-state index in [1.54, 1.807) is 7.11 Å². The molecule has 0 bridgehead atoms. The van der Waals surface area contributed by atoms with Crippen LogP contribution in [0.1, 0.15) is 12.0 Å². The molecule has 24 heavy (non-hydrogen) atoms. The van der Waals surface area contributed by atoms with Gasteiger partial charge in [0.15, 0.2) is 0 Å². The molecule has 0 aromatic heterocycles. The molecule has 1 aliphatic heterocycles. The van der Waals surface area contributed by atoms with Gasteiger partial charge >= 0.3 is 0 Å². The number of carbonyl (C=O) groups is 1. The van der Waals surface area contributed by atoms with Crippen molar-refractivity contribution < 1.29 is 14.3 Å². The van der Waals surface area contributed by atoms with Crippen LogP contribution in [0.25, 0.3) is 0 Å². The highest BCUT2D eigenvalue weighted by molar-refractivity contribution is 5.76. The van der Waals surface area contributed by atoms with Crippen LogP contribution in [0.5, 0.6) is 5.75 Å². The molecule has 1 aliphatic rings. The number of amides is 1. The van der Waals surface area contributed by atoms with Gasteiger partial charge in [0.25, 0.3) is 0 Å². The number of nitrogens with one attached hydrogen (secondary N) is 2. The van der Waals surface area contributed by atoms with E-state index in [2.05, 4.69) is 15.5 Å². The number of morpholine rings is 1. The predicted octanol–water partition coefficient (Wildman–Crippen LogP) is 0.666. The fourth-order valence-electron chi connectivity index (χ4n) is 2.62. The van der Waals surface area contributed by atoms with Crippen LogP contribution in [0.4, 0.5) is 0 Å². The number of nitrogens with zero attached hydrogens (tertiary/aromatic N) is 1. The van der Waals surface area contributed by atoms with Crippen LogP contribution >= 0.6 is 0 Å². The summed E-state index contributed by atoms with van der Waals surface area (Å²) in [4.78, 5) is 14.2. The molecule has 134 valence electrons. The van der Waals surface area contributed by atoms with Crippen LogP contribution < -0.4 is 15.4 Å². The smallest absolute Gasteiger partial charge is 0.221 e. The van der Waals surface area contributed by atoms with Gasteiger partial charge in [-0.05, 0) is 24.1 Å². The molecular formula is C18H29N3O3. The number of carbonyl (C=O) groups excluding carboxylic acids is 1. The van der Waals surface area contributed by atoms with Crippen LogP contribution in [0.15, 0.2) is 24.3 Å². The Morgan fingerprint density at radius 2 is 1.92 bits per heavy atom. The summed E-state index contributed by atoms with van der Waals surface area (Å²) >= 11 is 0. The van der Waals surface area contributed by atoms with Crippen LogP contribution in [-0.2, 0) is 16.0 Å². The topological polar surface area (TPSA) is 62.8 Å². The Morgan fingerprint density at radius 1 is 1.17 bits per heavy atom. The van der Waals surface area contributed by atoms with Crippen molar-refractivity contribution in [2.45, 2.75) is 12.8 Å². The van der Waals surface area contributed by atoms with Gasteiger partial charge in [-0.1, -0.05) is 12.1 Å². The summed E-state index contributed by atoms with van der Waals surface area (Å²) in [5.74, 6) is 0.952. The second kappa shape index (κ2) is 11.0. The lowest BCUT2D eigenvalue weighted by molar-refractivity contribution is -0.120. The van der Waals surface area contributed by atoms with E-state index in [0.29, 0.717) is 13.0 Å². The normalized spacial score (nSPS) is 15.2. The molecule has 0 unspecified atom stereocenters. The zero-order valence-electron chi connectivity index (χ0n) is 14.6.